The fourth-order valence-electron chi connectivity index (χ4n) is 1.12. The molecule has 1 rings (SSSR count). The van der Waals surface area contributed by atoms with Crippen molar-refractivity contribution in [1.29, 1.82) is 0 Å². The van der Waals surface area contributed by atoms with Gasteiger partial charge in [-0.3, -0.25) is 0 Å². The van der Waals surface area contributed by atoms with E-state index in [2.05, 4.69) is 14.9 Å². The fraction of sp³-hybridized carbons (Fsp3) is 0.636. The van der Waals surface area contributed by atoms with E-state index in [0.717, 1.165) is 6.07 Å². The van der Waals surface area contributed by atoms with E-state index in [-0.39, 0.29) is 1.43 Å². The number of nitrogens with zero attached hydrogens (tertiary/aromatic N) is 2. The van der Waals surface area contributed by atoms with Crippen LogP contribution in [0.5, 0.6) is 0 Å². The molecule has 0 aliphatic carbocycles. The van der Waals surface area contributed by atoms with E-state index in [1.54, 1.807) is 27.7 Å². The summed E-state index contributed by atoms with van der Waals surface area (Å²) in [5, 5.41) is 6.64. The van der Waals surface area contributed by atoms with Gasteiger partial charge < -0.3 is 0 Å². The molecule has 1 aromatic rings. The molecule has 1 heterocycles. The maximum atomic E-state index is 12.3. The lowest BCUT2D eigenvalue weighted by atomic mass is 10.2. The number of alkyl halides is 3. The van der Waals surface area contributed by atoms with Gasteiger partial charge in [-0.1, -0.05) is 0 Å². The second-order valence-electron chi connectivity index (χ2n) is 5.06. The average Bonchev–Trinajstić information content (AvgIpc) is 2.26. The Balaban J connectivity index is 0.00000361. The molecular formula is C11H18F3N3OS. The zero-order valence-corrected chi connectivity index (χ0v) is 11.9. The lowest BCUT2D eigenvalue weighted by Crippen LogP contribution is -2.35. The molecule has 0 aliphatic heterocycles. The normalized spacial score (nSPS) is 16.2. The Morgan fingerprint density at radius 3 is 2.21 bits per heavy atom. The summed E-state index contributed by atoms with van der Waals surface area (Å²) in [6, 6.07) is 1.64. The second kappa shape index (κ2) is 5.54. The lowest BCUT2D eigenvalue weighted by Gasteiger charge is -2.21. The van der Waals surface area contributed by atoms with Gasteiger partial charge >= 0.3 is 6.18 Å². The minimum Gasteiger partial charge on any atom is -0.242 e. The van der Waals surface area contributed by atoms with Crippen LogP contribution in [0.3, 0.4) is 0 Å². The third-order valence-corrected chi connectivity index (χ3v) is 3.94. The quantitative estimate of drug-likeness (QED) is 0.933. The molecule has 0 saturated carbocycles. The maximum Gasteiger partial charge on any atom is 0.435 e. The summed E-state index contributed by atoms with van der Waals surface area (Å²) in [7, 11) is -1.33. The topological polar surface area (TPSA) is 54.9 Å². The van der Waals surface area contributed by atoms with Gasteiger partial charge in [-0.2, -0.15) is 18.3 Å². The molecule has 0 unspecified atom stereocenters. The van der Waals surface area contributed by atoms with Crippen molar-refractivity contribution in [2.45, 2.75) is 44.7 Å². The molecule has 0 saturated heterocycles. The second-order valence-corrected chi connectivity index (χ2v) is 7.06. The van der Waals surface area contributed by atoms with Gasteiger partial charge in [-0.05, 0) is 39.8 Å². The Labute approximate surface area is 113 Å². The third kappa shape index (κ3) is 4.54. The predicted molar refractivity (Wildman–Crippen MR) is 68.6 cm³/mol. The minimum atomic E-state index is -4.50. The van der Waals surface area contributed by atoms with Crippen LogP contribution in [0, 0.1) is 0 Å². The van der Waals surface area contributed by atoms with Crippen LogP contribution in [0.15, 0.2) is 12.1 Å². The highest BCUT2D eigenvalue weighted by Crippen LogP contribution is 2.27. The van der Waals surface area contributed by atoms with Crippen molar-refractivity contribution < 1.29 is 18.8 Å². The van der Waals surface area contributed by atoms with Crippen molar-refractivity contribution in [3.8, 4) is 0 Å². The van der Waals surface area contributed by atoms with Crippen molar-refractivity contribution in [2.24, 2.45) is 0 Å². The Morgan fingerprint density at radius 2 is 1.84 bits per heavy atom. The van der Waals surface area contributed by atoms with E-state index in [1.165, 1.54) is 6.07 Å². The highest BCUT2D eigenvalue weighted by molar-refractivity contribution is 7.84. The first-order valence-corrected chi connectivity index (χ1v) is 6.75. The van der Waals surface area contributed by atoms with Gasteiger partial charge in [0.05, 0.1) is 27.5 Å². The van der Waals surface area contributed by atoms with E-state index in [0.29, 0.717) is 5.69 Å². The number of hydrogen-bond acceptors (Lipinski definition) is 3. The summed E-state index contributed by atoms with van der Waals surface area (Å²) in [5.41, 5.74) is -0.731. The standard InChI is InChI=1S/C11H16F3N3OS.H2/c1-7(17-19(18)10(2,3)4)8-5-6-9(16-15-8)11(12,13)14;/h5-7,17H,1-4H3;1H/t7-,19+;/m1./s1. The zero-order valence-electron chi connectivity index (χ0n) is 11.1. The van der Waals surface area contributed by atoms with Crippen molar-refractivity contribution in [3.05, 3.63) is 23.5 Å². The van der Waals surface area contributed by atoms with E-state index in [9.17, 15) is 17.4 Å². The summed E-state index contributed by atoms with van der Waals surface area (Å²) in [5.74, 6) is 0. The molecule has 1 aromatic heterocycles. The van der Waals surface area contributed by atoms with Crippen molar-refractivity contribution in [3.63, 3.8) is 0 Å². The van der Waals surface area contributed by atoms with Crippen molar-refractivity contribution in [2.75, 3.05) is 0 Å². The number of hydrogen-bond donors (Lipinski definition) is 1. The highest BCUT2D eigenvalue weighted by atomic mass is 32.2. The van der Waals surface area contributed by atoms with Crippen LogP contribution in [0.25, 0.3) is 0 Å². The molecule has 0 aromatic carbocycles. The fourth-order valence-corrected chi connectivity index (χ4v) is 1.92. The summed E-state index contributed by atoms with van der Waals surface area (Å²) in [4.78, 5) is 0. The molecule has 0 radical (unpaired) electrons. The molecule has 8 heteroatoms. The summed E-state index contributed by atoms with van der Waals surface area (Å²) in [6.45, 7) is 7.05. The third-order valence-electron chi connectivity index (χ3n) is 2.26. The monoisotopic (exact) mass is 297 g/mol. The maximum absolute atomic E-state index is 12.3. The molecule has 110 valence electrons. The van der Waals surface area contributed by atoms with E-state index in [4.69, 9.17) is 0 Å². The smallest absolute Gasteiger partial charge is 0.242 e. The SMILES string of the molecule is C[C@@H](N[S@@](=O)C(C)(C)C)c1ccc(C(F)(F)F)nn1.[HH]. The molecule has 4 nitrogen and oxygen atoms in total. The molecule has 0 fully saturated rings. The lowest BCUT2D eigenvalue weighted by molar-refractivity contribution is -0.141. The van der Waals surface area contributed by atoms with Gasteiger partial charge in [-0.25, -0.2) is 8.93 Å². The van der Waals surface area contributed by atoms with E-state index in [1.807, 2.05) is 0 Å². The van der Waals surface area contributed by atoms with E-state index >= 15 is 0 Å². The minimum absolute atomic E-state index is 0. The van der Waals surface area contributed by atoms with Crippen LogP contribution in [0.1, 0.15) is 46.6 Å². The van der Waals surface area contributed by atoms with Crippen LogP contribution in [-0.2, 0) is 17.2 Å². The molecule has 0 spiro atoms. The predicted octanol–water partition coefficient (Wildman–Crippen LogP) is 2.85. The van der Waals surface area contributed by atoms with Gasteiger partial charge in [0.2, 0.25) is 0 Å². The Hall–Kier alpha value is -1.02. The average molecular weight is 297 g/mol. The number of nitrogens with one attached hydrogen (secondary N) is 1. The molecule has 0 bridgehead atoms. The summed E-state index contributed by atoms with van der Waals surface area (Å²) < 4.78 is 51.1. The van der Waals surface area contributed by atoms with Crippen LogP contribution in [0.4, 0.5) is 13.2 Å². The summed E-state index contributed by atoms with van der Waals surface area (Å²) >= 11 is 0. The highest BCUT2D eigenvalue weighted by Gasteiger charge is 2.33. The van der Waals surface area contributed by atoms with Crippen LogP contribution in [-0.4, -0.2) is 19.2 Å². The molecule has 1 N–H and O–H groups in total. The van der Waals surface area contributed by atoms with E-state index < -0.39 is 33.6 Å². The van der Waals surface area contributed by atoms with Crippen LogP contribution in [0.2, 0.25) is 0 Å². The molecular weight excluding hydrogens is 279 g/mol. The Bertz CT molecular complexity index is 459. The van der Waals surface area contributed by atoms with Gasteiger partial charge in [0.25, 0.3) is 0 Å². The number of rotatable bonds is 3. The van der Waals surface area contributed by atoms with Crippen LogP contribution >= 0.6 is 0 Å². The number of halogens is 3. The van der Waals surface area contributed by atoms with Gasteiger partial charge in [0.1, 0.15) is 0 Å². The molecule has 0 amide bonds. The first kappa shape index (κ1) is 16.0. The summed E-state index contributed by atoms with van der Waals surface area (Å²) in [6.07, 6.45) is -4.50. The number of aromatic nitrogens is 2. The molecule has 19 heavy (non-hydrogen) atoms. The first-order valence-electron chi connectivity index (χ1n) is 5.60. The Kier molecular flexibility index (Phi) is 4.67. The van der Waals surface area contributed by atoms with Crippen molar-refractivity contribution in [1.82, 2.24) is 14.9 Å². The largest absolute Gasteiger partial charge is 0.435 e. The zero-order chi connectivity index (χ0) is 14.8. The molecule has 0 aliphatic rings. The van der Waals surface area contributed by atoms with Gasteiger partial charge in [-0.15, -0.1) is 5.10 Å². The molecule has 2 atom stereocenters. The van der Waals surface area contributed by atoms with Crippen molar-refractivity contribution >= 4 is 11.0 Å². The van der Waals surface area contributed by atoms with Gasteiger partial charge in [0, 0.05) is 1.43 Å². The van der Waals surface area contributed by atoms with Gasteiger partial charge in [0.15, 0.2) is 5.69 Å². The van der Waals surface area contributed by atoms with Crippen LogP contribution < -0.4 is 4.72 Å². The Morgan fingerprint density at radius 1 is 1.26 bits per heavy atom. The first-order chi connectivity index (χ1) is 8.51.